The summed E-state index contributed by atoms with van der Waals surface area (Å²) in [6, 6.07) is 9.72. The van der Waals surface area contributed by atoms with Crippen LogP contribution in [0.15, 0.2) is 36.4 Å². The number of amides is 1. The van der Waals surface area contributed by atoms with Gasteiger partial charge in [-0.3, -0.25) is 4.79 Å². The molecule has 0 radical (unpaired) electrons. The van der Waals surface area contributed by atoms with Crippen LogP contribution in [0.1, 0.15) is 23.2 Å². The Hall–Kier alpha value is -2.24. The summed E-state index contributed by atoms with van der Waals surface area (Å²) in [7, 11) is 0. The van der Waals surface area contributed by atoms with Gasteiger partial charge in [-0.1, -0.05) is 12.1 Å². The quantitative estimate of drug-likeness (QED) is 0.863. The van der Waals surface area contributed by atoms with Gasteiger partial charge in [0.1, 0.15) is 5.75 Å². The van der Waals surface area contributed by atoms with Crippen LogP contribution in [-0.2, 0) is 0 Å². The number of phenolic OH excluding ortho intramolecular Hbond substituents is 1. The first-order valence-corrected chi connectivity index (χ1v) is 7.44. The molecule has 23 heavy (non-hydrogen) atoms. The van der Waals surface area contributed by atoms with E-state index in [2.05, 4.69) is 0 Å². The summed E-state index contributed by atoms with van der Waals surface area (Å²) < 4.78 is 38.6. The van der Waals surface area contributed by atoms with Crippen molar-refractivity contribution < 1.29 is 23.1 Å². The number of halogens is 3. The standard InChI is InChI=1S/C17H16F3NO2/c18-17(19,20)13-4-2-8-21(10-13)16(23)12-6-7-14-11(9-12)3-1-5-15(14)22/h1,3,5-7,9,13,22H,2,4,8,10H2. The monoisotopic (exact) mass is 323 g/mol. The first kappa shape index (κ1) is 15.6. The van der Waals surface area contributed by atoms with E-state index < -0.39 is 18.0 Å². The van der Waals surface area contributed by atoms with Crippen LogP contribution in [0.3, 0.4) is 0 Å². The van der Waals surface area contributed by atoms with Crippen molar-refractivity contribution in [3.05, 3.63) is 42.0 Å². The number of piperidine rings is 1. The fourth-order valence-electron chi connectivity index (χ4n) is 3.01. The maximum absolute atomic E-state index is 12.9. The highest BCUT2D eigenvalue weighted by Crippen LogP contribution is 2.34. The fourth-order valence-corrected chi connectivity index (χ4v) is 3.01. The molecule has 3 rings (SSSR count). The van der Waals surface area contributed by atoms with E-state index in [0.717, 1.165) is 0 Å². The van der Waals surface area contributed by atoms with E-state index in [0.29, 0.717) is 29.3 Å². The second-order valence-electron chi connectivity index (χ2n) is 5.84. The maximum Gasteiger partial charge on any atom is 0.393 e. The highest BCUT2D eigenvalue weighted by Gasteiger charge is 2.42. The molecule has 2 aromatic rings. The van der Waals surface area contributed by atoms with Gasteiger partial charge >= 0.3 is 6.18 Å². The number of nitrogens with zero attached hydrogens (tertiary/aromatic N) is 1. The number of phenols is 1. The third-order valence-electron chi connectivity index (χ3n) is 4.28. The Labute approximate surface area is 131 Å². The molecule has 2 aromatic carbocycles. The molecule has 0 saturated carbocycles. The molecular formula is C17H16F3NO2. The number of carbonyl (C=O) groups excluding carboxylic acids is 1. The Morgan fingerprint density at radius 1 is 1.22 bits per heavy atom. The Balaban J connectivity index is 1.85. The molecule has 1 atom stereocenters. The first-order valence-electron chi connectivity index (χ1n) is 7.44. The van der Waals surface area contributed by atoms with Gasteiger partial charge in [0.25, 0.3) is 5.91 Å². The highest BCUT2D eigenvalue weighted by molar-refractivity contribution is 5.99. The minimum absolute atomic E-state index is 0.0683. The van der Waals surface area contributed by atoms with Gasteiger partial charge in [-0.05, 0) is 42.5 Å². The van der Waals surface area contributed by atoms with Crippen LogP contribution in [0.2, 0.25) is 0 Å². The Morgan fingerprint density at radius 2 is 2.00 bits per heavy atom. The molecule has 122 valence electrons. The van der Waals surface area contributed by atoms with Gasteiger partial charge in [0.15, 0.2) is 0 Å². The number of rotatable bonds is 1. The molecule has 0 bridgehead atoms. The number of fused-ring (bicyclic) bond motifs is 1. The van der Waals surface area contributed by atoms with Crippen molar-refractivity contribution in [3.63, 3.8) is 0 Å². The molecule has 0 spiro atoms. The molecule has 0 aliphatic carbocycles. The number of carbonyl (C=O) groups is 1. The molecule has 1 saturated heterocycles. The number of hydrogen-bond acceptors (Lipinski definition) is 2. The average Bonchev–Trinajstić information content (AvgIpc) is 2.53. The second kappa shape index (κ2) is 5.76. The van der Waals surface area contributed by atoms with Gasteiger partial charge in [-0.15, -0.1) is 0 Å². The number of likely N-dealkylation sites (tertiary alicyclic amines) is 1. The predicted molar refractivity (Wildman–Crippen MR) is 80.3 cm³/mol. The van der Waals surface area contributed by atoms with E-state index in [-0.39, 0.29) is 18.7 Å². The smallest absolute Gasteiger partial charge is 0.393 e. The molecular weight excluding hydrogens is 307 g/mol. The van der Waals surface area contributed by atoms with Gasteiger partial charge in [-0.2, -0.15) is 13.2 Å². The summed E-state index contributed by atoms with van der Waals surface area (Å²) in [5.41, 5.74) is 0.339. The van der Waals surface area contributed by atoms with Crippen LogP contribution >= 0.6 is 0 Å². The van der Waals surface area contributed by atoms with Crippen molar-refractivity contribution in [2.45, 2.75) is 19.0 Å². The van der Waals surface area contributed by atoms with Crippen LogP contribution in [-0.4, -0.2) is 35.2 Å². The molecule has 6 heteroatoms. The lowest BCUT2D eigenvalue weighted by molar-refractivity contribution is -0.184. The first-order chi connectivity index (χ1) is 10.9. The lowest BCUT2D eigenvalue weighted by Crippen LogP contribution is -2.44. The van der Waals surface area contributed by atoms with Crippen LogP contribution in [0.5, 0.6) is 5.75 Å². The Bertz CT molecular complexity index is 742. The summed E-state index contributed by atoms with van der Waals surface area (Å²) in [6.07, 6.45) is -3.85. The molecule has 1 fully saturated rings. The molecule has 1 aliphatic rings. The van der Waals surface area contributed by atoms with Crippen molar-refractivity contribution >= 4 is 16.7 Å². The normalized spacial score (nSPS) is 19.1. The summed E-state index contributed by atoms with van der Waals surface area (Å²) in [6.45, 7) is 0.0455. The van der Waals surface area contributed by atoms with Gasteiger partial charge in [0.2, 0.25) is 0 Å². The van der Waals surface area contributed by atoms with Gasteiger partial charge < -0.3 is 10.0 Å². The van der Waals surface area contributed by atoms with Crippen LogP contribution in [0, 0.1) is 5.92 Å². The Kier molecular flexibility index (Phi) is 3.92. The van der Waals surface area contributed by atoms with Crippen molar-refractivity contribution in [1.29, 1.82) is 0 Å². The molecule has 1 N–H and O–H groups in total. The fraction of sp³-hybridized carbons (Fsp3) is 0.353. The van der Waals surface area contributed by atoms with Crippen LogP contribution in [0.4, 0.5) is 13.2 Å². The van der Waals surface area contributed by atoms with Crippen molar-refractivity contribution in [2.24, 2.45) is 5.92 Å². The summed E-state index contributed by atoms with van der Waals surface area (Å²) in [5.74, 6) is -1.74. The zero-order valence-electron chi connectivity index (χ0n) is 12.3. The maximum atomic E-state index is 12.9. The van der Waals surface area contributed by atoms with Crippen LogP contribution in [0.25, 0.3) is 10.8 Å². The third kappa shape index (κ3) is 3.11. The van der Waals surface area contributed by atoms with E-state index >= 15 is 0 Å². The predicted octanol–water partition coefficient (Wildman–Crippen LogP) is 3.96. The largest absolute Gasteiger partial charge is 0.507 e. The number of benzene rings is 2. The summed E-state index contributed by atoms with van der Waals surface area (Å²) in [4.78, 5) is 13.8. The number of aromatic hydroxyl groups is 1. The number of alkyl halides is 3. The van der Waals surface area contributed by atoms with Gasteiger partial charge in [0.05, 0.1) is 5.92 Å². The minimum Gasteiger partial charge on any atom is -0.507 e. The van der Waals surface area contributed by atoms with Crippen molar-refractivity contribution in [3.8, 4) is 5.75 Å². The van der Waals surface area contributed by atoms with Crippen molar-refractivity contribution in [2.75, 3.05) is 13.1 Å². The molecule has 1 amide bonds. The van der Waals surface area contributed by atoms with Gasteiger partial charge in [0, 0.05) is 24.0 Å². The van der Waals surface area contributed by atoms with Crippen LogP contribution < -0.4 is 0 Å². The summed E-state index contributed by atoms with van der Waals surface area (Å²) >= 11 is 0. The third-order valence-corrected chi connectivity index (χ3v) is 4.28. The molecule has 1 heterocycles. The summed E-state index contributed by atoms with van der Waals surface area (Å²) in [5, 5.41) is 11.0. The van der Waals surface area contributed by atoms with E-state index in [1.807, 2.05) is 0 Å². The van der Waals surface area contributed by atoms with E-state index in [9.17, 15) is 23.1 Å². The minimum atomic E-state index is -4.27. The topological polar surface area (TPSA) is 40.5 Å². The van der Waals surface area contributed by atoms with E-state index in [1.54, 1.807) is 36.4 Å². The average molecular weight is 323 g/mol. The molecule has 3 nitrogen and oxygen atoms in total. The van der Waals surface area contributed by atoms with E-state index in [1.165, 1.54) is 4.90 Å². The Morgan fingerprint density at radius 3 is 2.74 bits per heavy atom. The number of hydrogen-bond donors (Lipinski definition) is 1. The zero-order valence-corrected chi connectivity index (χ0v) is 12.3. The molecule has 1 aliphatic heterocycles. The lowest BCUT2D eigenvalue weighted by Gasteiger charge is -2.33. The second-order valence-corrected chi connectivity index (χ2v) is 5.84. The SMILES string of the molecule is O=C(c1ccc2c(O)cccc2c1)N1CCCC(C(F)(F)F)C1. The zero-order chi connectivity index (χ0) is 16.6. The lowest BCUT2D eigenvalue weighted by atomic mass is 9.96. The van der Waals surface area contributed by atoms with Crippen molar-refractivity contribution in [1.82, 2.24) is 4.90 Å². The molecule has 0 aromatic heterocycles. The molecule has 1 unspecified atom stereocenters. The highest BCUT2D eigenvalue weighted by atomic mass is 19.4. The van der Waals surface area contributed by atoms with E-state index in [4.69, 9.17) is 0 Å². The van der Waals surface area contributed by atoms with Gasteiger partial charge in [-0.25, -0.2) is 0 Å².